The van der Waals surface area contributed by atoms with Crippen molar-refractivity contribution in [2.75, 3.05) is 51.8 Å². The topological polar surface area (TPSA) is 96.5 Å². The number of nitrogens with zero attached hydrogens (tertiary/aromatic N) is 2. The molecule has 1 aromatic carbocycles. The molecule has 1 aliphatic heterocycles. The highest BCUT2D eigenvalue weighted by atomic mass is 16.6. The molecule has 9 heteroatoms. The summed E-state index contributed by atoms with van der Waals surface area (Å²) in [7, 11) is 3.31. The molecule has 1 saturated heterocycles. The van der Waals surface area contributed by atoms with Crippen molar-refractivity contribution in [3.63, 3.8) is 0 Å². The van der Waals surface area contributed by atoms with Crippen molar-refractivity contribution in [3.8, 4) is 11.5 Å². The minimum Gasteiger partial charge on any atom is -0.497 e. The zero-order valence-electron chi connectivity index (χ0n) is 19.6. The van der Waals surface area contributed by atoms with E-state index in [-0.39, 0.29) is 6.04 Å². The van der Waals surface area contributed by atoms with Gasteiger partial charge in [0, 0.05) is 56.1 Å². The van der Waals surface area contributed by atoms with Gasteiger partial charge in [-0.25, -0.2) is 4.79 Å². The van der Waals surface area contributed by atoms with Gasteiger partial charge in [0.15, 0.2) is 5.96 Å². The first-order valence-corrected chi connectivity index (χ1v) is 10.7. The van der Waals surface area contributed by atoms with Gasteiger partial charge in [0.2, 0.25) is 0 Å². The number of hydrogen-bond acceptors (Lipinski definition) is 6. The molecular formula is C22H37N5O4. The predicted octanol–water partition coefficient (Wildman–Crippen LogP) is 2.36. The summed E-state index contributed by atoms with van der Waals surface area (Å²) in [5, 5.41) is 9.48. The smallest absolute Gasteiger partial charge is 0.407 e. The molecule has 1 atom stereocenters. The Bertz CT molecular complexity index is 726. The molecule has 1 aliphatic rings. The molecule has 9 nitrogen and oxygen atoms in total. The second-order valence-corrected chi connectivity index (χ2v) is 8.34. The summed E-state index contributed by atoms with van der Waals surface area (Å²) < 4.78 is 16.0. The molecule has 1 unspecified atom stereocenters. The fourth-order valence-electron chi connectivity index (χ4n) is 3.24. The molecule has 31 heavy (non-hydrogen) atoms. The molecule has 0 saturated carbocycles. The fraction of sp³-hybridized carbons (Fsp3) is 0.636. The molecule has 0 aromatic heterocycles. The molecule has 1 fully saturated rings. The van der Waals surface area contributed by atoms with E-state index >= 15 is 0 Å². The molecule has 0 spiro atoms. The van der Waals surface area contributed by atoms with E-state index in [1.807, 2.05) is 45.9 Å². The highest BCUT2D eigenvalue weighted by Crippen LogP contribution is 2.30. The largest absolute Gasteiger partial charge is 0.497 e. The van der Waals surface area contributed by atoms with Gasteiger partial charge >= 0.3 is 6.09 Å². The average Bonchev–Trinajstić information content (AvgIpc) is 3.18. The number of benzene rings is 1. The zero-order chi connectivity index (χ0) is 22.9. The maximum absolute atomic E-state index is 11.7. The quantitative estimate of drug-likeness (QED) is 0.328. The van der Waals surface area contributed by atoms with E-state index < -0.39 is 11.7 Å². The number of nitrogens with one attached hydrogen (secondary N) is 3. The van der Waals surface area contributed by atoms with Crippen LogP contribution in [0, 0.1) is 0 Å². The Kier molecular flexibility index (Phi) is 9.08. The summed E-state index contributed by atoms with van der Waals surface area (Å²) in [5.41, 5.74) is 0.564. The third kappa shape index (κ3) is 8.43. The SMILES string of the molecule is CCNC(=NCCNC(=O)OC(C)(C)C)NC1CCN(c2cc(OC)cc(OC)c2)C1. The van der Waals surface area contributed by atoms with Crippen molar-refractivity contribution in [2.24, 2.45) is 4.99 Å². The van der Waals surface area contributed by atoms with E-state index in [9.17, 15) is 4.79 Å². The molecule has 0 bridgehead atoms. The van der Waals surface area contributed by atoms with Gasteiger partial charge in [0.25, 0.3) is 0 Å². The second-order valence-electron chi connectivity index (χ2n) is 8.34. The molecule has 3 N–H and O–H groups in total. The van der Waals surface area contributed by atoms with Crippen molar-refractivity contribution in [3.05, 3.63) is 18.2 Å². The molecule has 0 aliphatic carbocycles. The lowest BCUT2D eigenvalue weighted by Gasteiger charge is -2.21. The maximum atomic E-state index is 11.7. The van der Waals surface area contributed by atoms with E-state index in [0.717, 1.165) is 49.2 Å². The number of hydrogen-bond donors (Lipinski definition) is 3. The Morgan fingerprint density at radius 3 is 2.42 bits per heavy atom. The van der Waals surface area contributed by atoms with Gasteiger partial charge in [-0.2, -0.15) is 0 Å². The van der Waals surface area contributed by atoms with Crippen LogP contribution in [-0.4, -0.2) is 70.6 Å². The third-order valence-corrected chi connectivity index (χ3v) is 4.62. The lowest BCUT2D eigenvalue weighted by atomic mass is 10.2. The van der Waals surface area contributed by atoms with Crippen LogP contribution in [0.25, 0.3) is 0 Å². The number of carbonyl (C=O) groups excluding carboxylic acids is 1. The molecule has 1 heterocycles. The molecule has 1 aromatic rings. The number of guanidine groups is 1. The van der Waals surface area contributed by atoms with Crippen LogP contribution < -0.4 is 30.3 Å². The number of rotatable bonds is 8. The van der Waals surface area contributed by atoms with E-state index in [4.69, 9.17) is 14.2 Å². The monoisotopic (exact) mass is 435 g/mol. The first-order chi connectivity index (χ1) is 14.7. The van der Waals surface area contributed by atoms with Crippen molar-refractivity contribution < 1.29 is 19.0 Å². The Hall–Kier alpha value is -2.84. The standard InChI is InChI=1S/C22H37N5O4/c1-7-23-20(24-9-10-25-21(28)31-22(2,3)4)26-16-8-11-27(15-16)17-12-18(29-5)14-19(13-17)30-6/h12-14,16H,7-11,15H2,1-6H3,(H,25,28)(H2,23,24,26). The van der Waals surface area contributed by atoms with E-state index in [0.29, 0.717) is 13.1 Å². The van der Waals surface area contributed by atoms with Crippen molar-refractivity contribution >= 4 is 17.7 Å². The number of amides is 1. The number of anilines is 1. The summed E-state index contributed by atoms with van der Waals surface area (Å²) in [6.45, 7) is 10.9. The molecule has 2 rings (SSSR count). The van der Waals surface area contributed by atoms with Crippen LogP contribution in [0.1, 0.15) is 34.1 Å². The van der Waals surface area contributed by atoms with Crippen molar-refractivity contribution in [1.82, 2.24) is 16.0 Å². The Balaban J connectivity index is 1.88. The minimum absolute atomic E-state index is 0.258. The van der Waals surface area contributed by atoms with E-state index in [2.05, 4.69) is 25.8 Å². The third-order valence-electron chi connectivity index (χ3n) is 4.62. The number of aliphatic imine (C=N–C) groups is 1. The van der Waals surface area contributed by atoms with Crippen molar-refractivity contribution in [2.45, 2.75) is 45.8 Å². The lowest BCUT2D eigenvalue weighted by Crippen LogP contribution is -2.45. The summed E-state index contributed by atoms with van der Waals surface area (Å²) in [6.07, 6.45) is 0.556. The van der Waals surface area contributed by atoms with Gasteiger partial charge < -0.3 is 35.1 Å². The van der Waals surface area contributed by atoms with Gasteiger partial charge in [-0.3, -0.25) is 4.99 Å². The predicted molar refractivity (Wildman–Crippen MR) is 124 cm³/mol. The van der Waals surface area contributed by atoms with Crippen LogP contribution in [0.5, 0.6) is 11.5 Å². The van der Waals surface area contributed by atoms with Crippen LogP contribution in [0.15, 0.2) is 23.2 Å². The molecular weight excluding hydrogens is 398 g/mol. The zero-order valence-corrected chi connectivity index (χ0v) is 19.6. The summed E-state index contributed by atoms with van der Waals surface area (Å²) >= 11 is 0. The van der Waals surface area contributed by atoms with Crippen molar-refractivity contribution in [1.29, 1.82) is 0 Å². The summed E-state index contributed by atoms with van der Waals surface area (Å²) in [5.74, 6) is 2.29. The Morgan fingerprint density at radius 2 is 1.84 bits per heavy atom. The lowest BCUT2D eigenvalue weighted by molar-refractivity contribution is 0.0529. The maximum Gasteiger partial charge on any atom is 0.407 e. The number of alkyl carbamates (subject to hydrolysis) is 1. The van der Waals surface area contributed by atoms with Crippen LogP contribution in [0.3, 0.4) is 0 Å². The second kappa shape index (κ2) is 11.5. The van der Waals surface area contributed by atoms with Gasteiger partial charge in [-0.1, -0.05) is 0 Å². The van der Waals surface area contributed by atoms with Gasteiger partial charge in [-0.15, -0.1) is 0 Å². The highest BCUT2D eigenvalue weighted by Gasteiger charge is 2.24. The average molecular weight is 436 g/mol. The summed E-state index contributed by atoms with van der Waals surface area (Å²) in [4.78, 5) is 18.6. The number of methoxy groups -OCH3 is 2. The Labute approximate surface area is 185 Å². The van der Waals surface area contributed by atoms with Gasteiger partial charge in [-0.05, 0) is 34.1 Å². The normalized spacial score (nSPS) is 16.6. The summed E-state index contributed by atoms with van der Waals surface area (Å²) in [6, 6.07) is 6.17. The van der Waals surface area contributed by atoms with Gasteiger partial charge in [0.1, 0.15) is 17.1 Å². The first kappa shape index (κ1) is 24.4. The van der Waals surface area contributed by atoms with Gasteiger partial charge in [0.05, 0.1) is 20.8 Å². The molecule has 1 amide bonds. The van der Waals surface area contributed by atoms with E-state index in [1.165, 1.54) is 0 Å². The van der Waals surface area contributed by atoms with Crippen LogP contribution >= 0.6 is 0 Å². The molecule has 174 valence electrons. The van der Waals surface area contributed by atoms with Crippen LogP contribution in [0.2, 0.25) is 0 Å². The van der Waals surface area contributed by atoms with Crippen LogP contribution in [-0.2, 0) is 4.74 Å². The van der Waals surface area contributed by atoms with E-state index in [1.54, 1.807) is 14.2 Å². The number of ether oxygens (including phenoxy) is 3. The minimum atomic E-state index is -0.509. The first-order valence-electron chi connectivity index (χ1n) is 10.7. The van der Waals surface area contributed by atoms with Crippen LogP contribution in [0.4, 0.5) is 10.5 Å². The number of carbonyl (C=O) groups is 1. The fourth-order valence-corrected chi connectivity index (χ4v) is 3.24. The molecule has 0 radical (unpaired) electrons. The Morgan fingerprint density at radius 1 is 1.16 bits per heavy atom. The highest BCUT2D eigenvalue weighted by molar-refractivity contribution is 5.80.